The van der Waals surface area contributed by atoms with Crippen molar-refractivity contribution < 1.29 is 9.47 Å². The molecule has 2 nitrogen and oxygen atoms in total. The number of rotatable bonds is 0. The van der Waals surface area contributed by atoms with E-state index < -0.39 is 0 Å². The van der Waals surface area contributed by atoms with Gasteiger partial charge in [0.05, 0.1) is 0 Å². The Labute approximate surface area is 102 Å². The van der Waals surface area contributed by atoms with Crippen LogP contribution in [0.4, 0.5) is 0 Å². The quantitative estimate of drug-likeness (QED) is 0.595. The predicted molar refractivity (Wildman–Crippen MR) is 65.5 cm³/mol. The minimum atomic E-state index is 0.743. The highest BCUT2D eigenvalue weighted by Crippen LogP contribution is 2.46. The SMILES string of the molecule is Cc1ccc2c(c1)Oc1cc(Br)ccc1O2. The molecule has 0 aromatic heterocycles. The standard InChI is InChI=1S/C13H9BrO2/c1-8-2-4-10-12(6-8)16-13-7-9(14)3-5-11(13)15-10/h2-7H,1H3. The van der Waals surface area contributed by atoms with Crippen molar-refractivity contribution >= 4 is 15.9 Å². The summed E-state index contributed by atoms with van der Waals surface area (Å²) >= 11 is 3.41. The number of benzene rings is 2. The molecule has 0 unspecified atom stereocenters. The average molecular weight is 277 g/mol. The third-order valence-electron chi connectivity index (χ3n) is 2.44. The monoisotopic (exact) mass is 276 g/mol. The molecule has 1 aliphatic heterocycles. The van der Waals surface area contributed by atoms with E-state index in [2.05, 4.69) is 15.9 Å². The van der Waals surface area contributed by atoms with Crippen LogP contribution >= 0.6 is 15.9 Å². The molecule has 1 heterocycles. The molecule has 0 radical (unpaired) electrons. The van der Waals surface area contributed by atoms with Crippen LogP contribution in [0.25, 0.3) is 0 Å². The fraction of sp³-hybridized carbons (Fsp3) is 0.0769. The number of hydrogen-bond donors (Lipinski definition) is 0. The first-order valence-electron chi connectivity index (χ1n) is 4.98. The molecule has 2 aromatic rings. The third kappa shape index (κ3) is 1.57. The zero-order valence-corrected chi connectivity index (χ0v) is 10.2. The van der Waals surface area contributed by atoms with Crippen molar-refractivity contribution in [1.82, 2.24) is 0 Å². The molecule has 0 saturated heterocycles. The Balaban J connectivity index is 2.10. The maximum absolute atomic E-state index is 5.78. The summed E-state index contributed by atoms with van der Waals surface area (Å²) < 4.78 is 12.5. The van der Waals surface area contributed by atoms with Crippen molar-refractivity contribution in [1.29, 1.82) is 0 Å². The van der Waals surface area contributed by atoms with Crippen molar-refractivity contribution in [2.75, 3.05) is 0 Å². The van der Waals surface area contributed by atoms with Crippen LogP contribution < -0.4 is 9.47 Å². The fourth-order valence-corrected chi connectivity index (χ4v) is 2.00. The molecule has 80 valence electrons. The molecule has 0 spiro atoms. The Morgan fingerprint density at radius 1 is 0.812 bits per heavy atom. The van der Waals surface area contributed by atoms with E-state index in [0.29, 0.717) is 0 Å². The van der Waals surface area contributed by atoms with Gasteiger partial charge in [0.25, 0.3) is 0 Å². The van der Waals surface area contributed by atoms with Gasteiger partial charge in [0.15, 0.2) is 23.0 Å². The van der Waals surface area contributed by atoms with Crippen molar-refractivity contribution in [3.05, 3.63) is 46.4 Å². The van der Waals surface area contributed by atoms with Crippen LogP contribution in [0.2, 0.25) is 0 Å². The Morgan fingerprint density at radius 2 is 1.44 bits per heavy atom. The molecule has 0 atom stereocenters. The summed E-state index contributed by atoms with van der Waals surface area (Å²) in [5.74, 6) is 3.03. The van der Waals surface area contributed by atoms with E-state index in [-0.39, 0.29) is 0 Å². The predicted octanol–water partition coefficient (Wildman–Crippen LogP) is 4.66. The number of fused-ring (bicyclic) bond motifs is 2. The van der Waals surface area contributed by atoms with Crippen LogP contribution in [0.1, 0.15) is 5.56 Å². The summed E-state index contributed by atoms with van der Waals surface area (Å²) in [5.41, 5.74) is 1.15. The van der Waals surface area contributed by atoms with Gasteiger partial charge in [-0.2, -0.15) is 0 Å². The van der Waals surface area contributed by atoms with Crippen LogP contribution in [-0.2, 0) is 0 Å². The lowest BCUT2D eigenvalue weighted by atomic mass is 10.2. The number of ether oxygens (including phenoxy) is 2. The highest BCUT2D eigenvalue weighted by molar-refractivity contribution is 9.10. The van der Waals surface area contributed by atoms with E-state index >= 15 is 0 Å². The van der Waals surface area contributed by atoms with Gasteiger partial charge in [0.2, 0.25) is 0 Å². The molecule has 0 N–H and O–H groups in total. The lowest BCUT2D eigenvalue weighted by molar-refractivity contribution is 0.359. The lowest BCUT2D eigenvalue weighted by Gasteiger charge is -2.20. The second kappa shape index (κ2) is 3.52. The Morgan fingerprint density at radius 3 is 2.25 bits per heavy atom. The summed E-state index contributed by atoms with van der Waals surface area (Å²) in [4.78, 5) is 0. The maximum atomic E-state index is 5.78. The van der Waals surface area contributed by atoms with Gasteiger partial charge in [-0.15, -0.1) is 0 Å². The molecular formula is C13H9BrO2. The molecule has 16 heavy (non-hydrogen) atoms. The Hall–Kier alpha value is -1.48. The van der Waals surface area contributed by atoms with Crippen LogP contribution in [0.15, 0.2) is 40.9 Å². The normalized spacial score (nSPS) is 12.1. The van der Waals surface area contributed by atoms with Gasteiger partial charge in [-0.25, -0.2) is 0 Å². The van der Waals surface area contributed by atoms with E-state index in [0.717, 1.165) is 33.0 Å². The zero-order valence-electron chi connectivity index (χ0n) is 8.66. The molecular weight excluding hydrogens is 268 g/mol. The first-order valence-corrected chi connectivity index (χ1v) is 5.77. The molecule has 0 amide bonds. The molecule has 0 aliphatic carbocycles. The molecule has 3 heteroatoms. The largest absolute Gasteiger partial charge is 0.450 e. The summed E-state index contributed by atoms with van der Waals surface area (Å²) in [5, 5.41) is 0. The smallest absolute Gasteiger partial charge is 0.171 e. The minimum Gasteiger partial charge on any atom is -0.450 e. The second-order valence-electron chi connectivity index (χ2n) is 3.75. The Kier molecular flexibility index (Phi) is 2.14. The van der Waals surface area contributed by atoms with Gasteiger partial charge in [-0.1, -0.05) is 22.0 Å². The van der Waals surface area contributed by atoms with E-state index in [4.69, 9.17) is 9.47 Å². The van der Waals surface area contributed by atoms with E-state index in [1.165, 1.54) is 0 Å². The van der Waals surface area contributed by atoms with Crippen molar-refractivity contribution in [3.63, 3.8) is 0 Å². The molecule has 0 saturated carbocycles. The first kappa shape index (κ1) is 9.73. The topological polar surface area (TPSA) is 18.5 Å². The molecule has 0 bridgehead atoms. The zero-order chi connectivity index (χ0) is 11.1. The summed E-state index contributed by atoms with van der Waals surface area (Å²) in [6.07, 6.45) is 0. The van der Waals surface area contributed by atoms with Gasteiger partial charge in [0.1, 0.15) is 0 Å². The number of hydrogen-bond acceptors (Lipinski definition) is 2. The van der Waals surface area contributed by atoms with Crippen molar-refractivity contribution in [2.24, 2.45) is 0 Å². The third-order valence-corrected chi connectivity index (χ3v) is 2.94. The van der Waals surface area contributed by atoms with E-state index in [1.807, 2.05) is 43.3 Å². The van der Waals surface area contributed by atoms with Crippen LogP contribution in [0.5, 0.6) is 23.0 Å². The molecule has 2 aromatic carbocycles. The summed E-state index contributed by atoms with van der Waals surface area (Å²) in [6.45, 7) is 2.03. The molecule has 0 fully saturated rings. The fourth-order valence-electron chi connectivity index (χ4n) is 1.66. The van der Waals surface area contributed by atoms with Crippen molar-refractivity contribution in [3.8, 4) is 23.0 Å². The summed E-state index contributed by atoms with van der Waals surface area (Å²) in [7, 11) is 0. The van der Waals surface area contributed by atoms with Crippen LogP contribution in [0, 0.1) is 6.92 Å². The highest BCUT2D eigenvalue weighted by Gasteiger charge is 2.18. The van der Waals surface area contributed by atoms with Gasteiger partial charge in [-0.3, -0.25) is 0 Å². The van der Waals surface area contributed by atoms with Gasteiger partial charge in [-0.05, 0) is 42.8 Å². The second-order valence-corrected chi connectivity index (χ2v) is 4.66. The molecule has 3 rings (SSSR count). The highest BCUT2D eigenvalue weighted by atomic mass is 79.9. The first-order chi connectivity index (χ1) is 7.72. The Bertz CT molecular complexity index is 514. The molecule has 1 aliphatic rings. The van der Waals surface area contributed by atoms with Gasteiger partial charge < -0.3 is 9.47 Å². The van der Waals surface area contributed by atoms with E-state index in [1.54, 1.807) is 0 Å². The van der Waals surface area contributed by atoms with Crippen LogP contribution in [0.3, 0.4) is 0 Å². The minimum absolute atomic E-state index is 0.743. The van der Waals surface area contributed by atoms with Gasteiger partial charge in [0, 0.05) is 4.47 Å². The lowest BCUT2D eigenvalue weighted by Crippen LogP contribution is -1.98. The number of aryl methyl sites for hydroxylation is 1. The van der Waals surface area contributed by atoms with E-state index in [9.17, 15) is 0 Å². The summed E-state index contributed by atoms with van der Waals surface area (Å²) in [6, 6.07) is 11.6. The average Bonchev–Trinajstić information content (AvgIpc) is 2.26. The van der Waals surface area contributed by atoms with Crippen molar-refractivity contribution in [2.45, 2.75) is 6.92 Å². The van der Waals surface area contributed by atoms with Crippen LogP contribution in [-0.4, -0.2) is 0 Å². The van der Waals surface area contributed by atoms with Gasteiger partial charge >= 0.3 is 0 Å². The maximum Gasteiger partial charge on any atom is 0.171 e. The number of halogens is 1.